The normalized spacial score (nSPS) is 10.3. The SMILES string of the molecule is Fc1ccccc1NCCNc1ccc(Cl)c(Cl)c1. The third-order valence-corrected chi connectivity index (χ3v) is 3.30. The number of rotatable bonds is 5. The summed E-state index contributed by atoms with van der Waals surface area (Å²) in [6, 6.07) is 11.9. The Bertz CT molecular complexity index is 561. The second-order valence-electron chi connectivity index (χ2n) is 3.96. The van der Waals surface area contributed by atoms with E-state index < -0.39 is 0 Å². The van der Waals surface area contributed by atoms with E-state index in [1.54, 1.807) is 30.3 Å². The lowest BCUT2D eigenvalue weighted by Crippen LogP contribution is -2.14. The van der Waals surface area contributed by atoms with Crippen molar-refractivity contribution in [2.24, 2.45) is 0 Å². The van der Waals surface area contributed by atoms with Gasteiger partial charge in [-0.1, -0.05) is 35.3 Å². The molecule has 0 amide bonds. The highest BCUT2D eigenvalue weighted by atomic mass is 35.5. The lowest BCUT2D eigenvalue weighted by Gasteiger charge is -2.10. The maximum atomic E-state index is 13.3. The molecule has 0 aliphatic carbocycles. The minimum Gasteiger partial charge on any atom is -0.383 e. The first-order valence-corrected chi connectivity index (χ1v) is 6.60. The van der Waals surface area contributed by atoms with Crippen LogP contribution in [0, 0.1) is 5.82 Å². The fourth-order valence-electron chi connectivity index (χ4n) is 1.61. The summed E-state index contributed by atoms with van der Waals surface area (Å²) in [5, 5.41) is 7.22. The van der Waals surface area contributed by atoms with Crippen LogP contribution in [0.5, 0.6) is 0 Å². The molecule has 100 valence electrons. The molecule has 0 radical (unpaired) electrons. The molecule has 0 heterocycles. The molecule has 2 aromatic rings. The molecule has 0 bridgehead atoms. The van der Waals surface area contributed by atoms with Crippen LogP contribution in [0.4, 0.5) is 15.8 Å². The van der Waals surface area contributed by atoms with E-state index in [1.165, 1.54) is 6.07 Å². The maximum Gasteiger partial charge on any atom is 0.146 e. The Morgan fingerprint density at radius 3 is 2.37 bits per heavy atom. The highest BCUT2D eigenvalue weighted by molar-refractivity contribution is 6.42. The van der Waals surface area contributed by atoms with Crippen molar-refractivity contribution < 1.29 is 4.39 Å². The molecule has 0 atom stereocenters. The molecule has 0 aliphatic heterocycles. The van der Waals surface area contributed by atoms with Gasteiger partial charge in [0.1, 0.15) is 5.82 Å². The van der Waals surface area contributed by atoms with Crippen LogP contribution in [-0.4, -0.2) is 13.1 Å². The third-order valence-electron chi connectivity index (χ3n) is 2.56. The van der Waals surface area contributed by atoms with E-state index in [9.17, 15) is 4.39 Å². The number of hydrogen-bond donors (Lipinski definition) is 2. The Kier molecular flexibility index (Phi) is 4.88. The van der Waals surface area contributed by atoms with Crippen LogP contribution in [0.3, 0.4) is 0 Å². The second-order valence-corrected chi connectivity index (χ2v) is 4.78. The average molecular weight is 299 g/mol. The van der Waals surface area contributed by atoms with Crippen molar-refractivity contribution in [2.45, 2.75) is 0 Å². The van der Waals surface area contributed by atoms with Crippen LogP contribution in [0.2, 0.25) is 10.0 Å². The van der Waals surface area contributed by atoms with Crippen LogP contribution in [-0.2, 0) is 0 Å². The summed E-state index contributed by atoms with van der Waals surface area (Å²) in [4.78, 5) is 0. The highest BCUT2D eigenvalue weighted by Crippen LogP contribution is 2.24. The van der Waals surface area contributed by atoms with E-state index in [0.29, 0.717) is 28.8 Å². The lowest BCUT2D eigenvalue weighted by atomic mass is 10.3. The molecular formula is C14H13Cl2FN2. The smallest absolute Gasteiger partial charge is 0.146 e. The molecule has 0 saturated carbocycles. The first-order valence-electron chi connectivity index (χ1n) is 5.84. The molecule has 0 spiro atoms. The van der Waals surface area contributed by atoms with Crippen molar-refractivity contribution in [1.82, 2.24) is 0 Å². The molecule has 2 nitrogen and oxygen atoms in total. The molecule has 0 aromatic heterocycles. The maximum absolute atomic E-state index is 13.3. The first-order chi connectivity index (χ1) is 9.16. The number of anilines is 2. The van der Waals surface area contributed by atoms with Crippen molar-refractivity contribution in [1.29, 1.82) is 0 Å². The third kappa shape index (κ3) is 4.01. The number of nitrogens with one attached hydrogen (secondary N) is 2. The van der Waals surface area contributed by atoms with E-state index in [-0.39, 0.29) is 5.82 Å². The summed E-state index contributed by atoms with van der Waals surface area (Å²) in [5.41, 5.74) is 1.38. The van der Waals surface area contributed by atoms with E-state index in [2.05, 4.69) is 10.6 Å². The number of benzene rings is 2. The summed E-state index contributed by atoms with van der Waals surface area (Å²) >= 11 is 11.7. The van der Waals surface area contributed by atoms with Gasteiger partial charge in [0.15, 0.2) is 0 Å². The van der Waals surface area contributed by atoms with Crippen LogP contribution in [0.25, 0.3) is 0 Å². The van der Waals surface area contributed by atoms with Crippen LogP contribution in [0.1, 0.15) is 0 Å². The van der Waals surface area contributed by atoms with Crippen molar-refractivity contribution >= 4 is 34.6 Å². The minimum absolute atomic E-state index is 0.253. The van der Waals surface area contributed by atoms with Crippen molar-refractivity contribution in [3.63, 3.8) is 0 Å². The van der Waals surface area contributed by atoms with Crippen molar-refractivity contribution in [2.75, 3.05) is 23.7 Å². The zero-order chi connectivity index (χ0) is 13.7. The van der Waals surface area contributed by atoms with Gasteiger partial charge in [-0.25, -0.2) is 4.39 Å². The van der Waals surface area contributed by atoms with Gasteiger partial charge in [-0.05, 0) is 30.3 Å². The molecule has 5 heteroatoms. The van der Waals surface area contributed by atoms with Crippen LogP contribution >= 0.6 is 23.2 Å². The molecule has 0 fully saturated rings. The van der Waals surface area contributed by atoms with E-state index in [1.807, 2.05) is 6.07 Å². The Morgan fingerprint density at radius 2 is 1.63 bits per heavy atom. The predicted molar refractivity (Wildman–Crippen MR) is 79.8 cm³/mol. The van der Waals surface area contributed by atoms with Crippen LogP contribution in [0.15, 0.2) is 42.5 Å². The van der Waals surface area contributed by atoms with Gasteiger partial charge in [-0.2, -0.15) is 0 Å². The summed E-state index contributed by atoms with van der Waals surface area (Å²) < 4.78 is 13.3. The van der Waals surface area contributed by atoms with E-state index in [4.69, 9.17) is 23.2 Å². The second kappa shape index (κ2) is 6.64. The standard InChI is InChI=1S/C14H13Cl2FN2/c15-11-6-5-10(9-12(11)16)18-7-8-19-14-4-2-1-3-13(14)17/h1-6,9,18-19H,7-8H2. The van der Waals surface area contributed by atoms with Crippen molar-refractivity contribution in [3.8, 4) is 0 Å². The zero-order valence-corrected chi connectivity index (χ0v) is 11.6. The van der Waals surface area contributed by atoms with Gasteiger partial charge >= 0.3 is 0 Å². The highest BCUT2D eigenvalue weighted by Gasteiger charge is 2.00. The van der Waals surface area contributed by atoms with Gasteiger partial charge in [0.25, 0.3) is 0 Å². The van der Waals surface area contributed by atoms with Gasteiger partial charge in [-0.15, -0.1) is 0 Å². The van der Waals surface area contributed by atoms with Gasteiger partial charge in [0.05, 0.1) is 15.7 Å². The number of hydrogen-bond acceptors (Lipinski definition) is 2. The van der Waals surface area contributed by atoms with Gasteiger partial charge in [-0.3, -0.25) is 0 Å². The van der Waals surface area contributed by atoms with Crippen LogP contribution < -0.4 is 10.6 Å². The summed E-state index contributed by atoms with van der Waals surface area (Å²) in [6.07, 6.45) is 0. The Hall–Kier alpha value is -1.45. The molecule has 19 heavy (non-hydrogen) atoms. The summed E-state index contributed by atoms with van der Waals surface area (Å²) in [6.45, 7) is 1.24. The van der Waals surface area contributed by atoms with Gasteiger partial charge in [0.2, 0.25) is 0 Å². The van der Waals surface area contributed by atoms with Gasteiger partial charge in [0, 0.05) is 18.8 Å². The largest absolute Gasteiger partial charge is 0.383 e. The molecule has 2 aromatic carbocycles. The Balaban J connectivity index is 1.81. The number of para-hydroxylation sites is 1. The quantitative estimate of drug-likeness (QED) is 0.785. The minimum atomic E-state index is -0.253. The van der Waals surface area contributed by atoms with E-state index in [0.717, 1.165) is 5.69 Å². The van der Waals surface area contributed by atoms with Gasteiger partial charge < -0.3 is 10.6 Å². The zero-order valence-electron chi connectivity index (χ0n) is 10.1. The summed E-state index contributed by atoms with van der Waals surface area (Å²) in [7, 11) is 0. The Labute approximate surface area is 121 Å². The molecule has 0 unspecified atom stereocenters. The molecule has 2 N–H and O–H groups in total. The molecule has 0 aliphatic rings. The molecule has 0 saturated heterocycles. The lowest BCUT2D eigenvalue weighted by molar-refractivity contribution is 0.630. The molecule has 2 rings (SSSR count). The molecular weight excluding hydrogens is 286 g/mol. The van der Waals surface area contributed by atoms with E-state index >= 15 is 0 Å². The predicted octanol–water partition coefficient (Wildman–Crippen LogP) is 4.66. The monoisotopic (exact) mass is 298 g/mol. The first kappa shape index (κ1) is 14.0. The number of halogens is 3. The fraction of sp³-hybridized carbons (Fsp3) is 0.143. The summed E-state index contributed by atoms with van der Waals surface area (Å²) in [5.74, 6) is -0.253. The average Bonchev–Trinajstić information content (AvgIpc) is 2.40. The van der Waals surface area contributed by atoms with Crippen molar-refractivity contribution in [3.05, 3.63) is 58.3 Å². The topological polar surface area (TPSA) is 24.1 Å². The Morgan fingerprint density at radius 1 is 0.895 bits per heavy atom. The fourth-order valence-corrected chi connectivity index (χ4v) is 1.91.